The first-order chi connectivity index (χ1) is 13.1. The number of ether oxygens (including phenoxy) is 1. The van der Waals surface area contributed by atoms with Crippen molar-refractivity contribution in [1.29, 1.82) is 0 Å². The SMILES string of the molecule is COc1ccc(CNC(=O)C[C@@H]2NC(=O)N(Cc3ccccc3)C2=O)cc1. The molecule has 0 unspecified atom stereocenters. The van der Waals surface area contributed by atoms with Gasteiger partial charge in [0.1, 0.15) is 11.8 Å². The molecule has 0 radical (unpaired) electrons. The van der Waals surface area contributed by atoms with E-state index in [9.17, 15) is 14.4 Å². The van der Waals surface area contributed by atoms with E-state index in [2.05, 4.69) is 10.6 Å². The standard InChI is InChI=1S/C20H21N3O4/c1-27-16-9-7-14(8-10-16)12-21-18(24)11-17-19(25)23(20(26)22-17)13-15-5-3-2-4-6-15/h2-10,17H,11-13H2,1H3,(H,21,24)(H,22,26)/t17-/m0/s1. The van der Waals surface area contributed by atoms with Crippen LogP contribution in [-0.2, 0) is 22.7 Å². The largest absolute Gasteiger partial charge is 0.497 e. The molecule has 0 saturated carbocycles. The van der Waals surface area contributed by atoms with Gasteiger partial charge in [0.25, 0.3) is 5.91 Å². The minimum absolute atomic E-state index is 0.0913. The first-order valence-electron chi connectivity index (χ1n) is 8.62. The van der Waals surface area contributed by atoms with Gasteiger partial charge in [-0.1, -0.05) is 42.5 Å². The van der Waals surface area contributed by atoms with Crippen molar-refractivity contribution >= 4 is 17.8 Å². The number of nitrogens with one attached hydrogen (secondary N) is 2. The lowest BCUT2D eigenvalue weighted by Crippen LogP contribution is -2.36. The maximum Gasteiger partial charge on any atom is 0.325 e. The number of hydrogen-bond acceptors (Lipinski definition) is 4. The van der Waals surface area contributed by atoms with Crippen LogP contribution in [0.2, 0.25) is 0 Å². The number of carbonyl (C=O) groups is 3. The Labute approximate surface area is 157 Å². The number of nitrogens with zero attached hydrogens (tertiary/aromatic N) is 1. The van der Waals surface area contributed by atoms with Crippen LogP contribution in [0.4, 0.5) is 4.79 Å². The molecular weight excluding hydrogens is 346 g/mol. The second-order valence-corrected chi connectivity index (χ2v) is 6.24. The van der Waals surface area contributed by atoms with Gasteiger partial charge in [-0.2, -0.15) is 0 Å². The van der Waals surface area contributed by atoms with Crippen molar-refractivity contribution in [2.75, 3.05) is 7.11 Å². The first kappa shape index (κ1) is 18.4. The summed E-state index contributed by atoms with van der Waals surface area (Å²) in [5.41, 5.74) is 1.77. The summed E-state index contributed by atoms with van der Waals surface area (Å²) in [5.74, 6) is 0.0531. The molecular formula is C20H21N3O4. The van der Waals surface area contributed by atoms with Crippen molar-refractivity contribution in [1.82, 2.24) is 15.5 Å². The molecule has 4 amide bonds. The Morgan fingerprint density at radius 1 is 1.07 bits per heavy atom. The number of methoxy groups -OCH3 is 1. The molecule has 3 rings (SSSR count). The molecule has 140 valence electrons. The average Bonchev–Trinajstić information content (AvgIpc) is 2.95. The van der Waals surface area contributed by atoms with E-state index in [1.165, 1.54) is 0 Å². The third-order valence-electron chi connectivity index (χ3n) is 4.33. The van der Waals surface area contributed by atoms with Crippen LogP contribution >= 0.6 is 0 Å². The molecule has 0 aromatic heterocycles. The molecule has 1 heterocycles. The van der Waals surface area contributed by atoms with E-state index in [1.54, 1.807) is 7.11 Å². The first-order valence-corrected chi connectivity index (χ1v) is 8.62. The highest BCUT2D eigenvalue weighted by atomic mass is 16.5. The summed E-state index contributed by atoms with van der Waals surface area (Å²) >= 11 is 0. The number of urea groups is 1. The van der Waals surface area contributed by atoms with Gasteiger partial charge in [-0.05, 0) is 23.3 Å². The van der Waals surface area contributed by atoms with Crippen LogP contribution in [0, 0.1) is 0 Å². The number of hydrogen-bond donors (Lipinski definition) is 2. The molecule has 0 spiro atoms. The number of amides is 4. The maximum absolute atomic E-state index is 12.4. The van der Waals surface area contributed by atoms with Crippen molar-refractivity contribution in [2.24, 2.45) is 0 Å². The molecule has 1 aliphatic heterocycles. The second-order valence-electron chi connectivity index (χ2n) is 6.24. The number of carbonyl (C=O) groups excluding carboxylic acids is 3. The van der Waals surface area contributed by atoms with E-state index < -0.39 is 12.1 Å². The van der Waals surface area contributed by atoms with Crippen LogP contribution in [0.3, 0.4) is 0 Å². The molecule has 2 N–H and O–H groups in total. The van der Waals surface area contributed by atoms with Crippen LogP contribution in [0.1, 0.15) is 17.5 Å². The van der Waals surface area contributed by atoms with Crippen LogP contribution < -0.4 is 15.4 Å². The molecule has 1 saturated heterocycles. The monoisotopic (exact) mass is 367 g/mol. The Balaban J connectivity index is 1.51. The highest BCUT2D eigenvalue weighted by Crippen LogP contribution is 2.14. The third kappa shape index (κ3) is 4.63. The molecule has 2 aromatic rings. The highest BCUT2D eigenvalue weighted by Gasteiger charge is 2.38. The average molecular weight is 367 g/mol. The molecule has 0 bridgehead atoms. The number of rotatable bonds is 7. The zero-order valence-corrected chi connectivity index (χ0v) is 15.0. The topological polar surface area (TPSA) is 87.7 Å². The summed E-state index contributed by atoms with van der Waals surface area (Å²) in [6.07, 6.45) is -0.0913. The van der Waals surface area contributed by atoms with Gasteiger partial charge in [-0.15, -0.1) is 0 Å². The van der Waals surface area contributed by atoms with Crippen molar-refractivity contribution in [3.8, 4) is 5.75 Å². The Morgan fingerprint density at radius 2 is 1.78 bits per heavy atom. The number of imide groups is 1. The van der Waals surface area contributed by atoms with Crippen LogP contribution in [0.5, 0.6) is 5.75 Å². The summed E-state index contributed by atoms with van der Waals surface area (Å²) in [4.78, 5) is 37.8. The normalized spacial score (nSPS) is 16.2. The highest BCUT2D eigenvalue weighted by molar-refractivity contribution is 6.05. The van der Waals surface area contributed by atoms with Gasteiger partial charge < -0.3 is 15.4 Å². The lowest BCUT2D eigenvalue weighted by molar-refractivity contribution is -0.131. The predicted octanol–water partition coefficient (Wildman–Crippen LogP) is 1.82. The molecule has 7 nitrogen and oxygen atoms in total. The van der Waals surface area contributed by atoms with Gasteiger partial charge in [0, 0.05) is 6.54 Å². The van der Waals surface area contributed by atoms with Crippen molar-refractivity contribution in [3.05, 3.63) is 65.7 Å². The molecule has 1 fully saturated rings. The Hall–Kier alpha value is -3.35. The van der Waals surface area contributed by atoms with Gasteiger partial charge in [-0.3, -0.25) is 14.5 Å². The fourth-order valence-corrected chi connectivity index (χ4v) is 2.83. The van der Waals surface area contributed by atoms with E-state index in [4.69, 9.17) is 4.74 Å². The molecule has 1 aliphatic rings. The van der Waals surface area contributed by atoms with Crippen molar-refractivity contribution in [3.63, 3.8) is 0 Å². The van der Waals surface area contributed by atoms with E-state index in [1.807, 2.05) is 54.6 Å². The van der Waals surface area contributed by atoms with E-state index in [0.717, 1.165) is 21.8 Å². The molecule has 2 aromatic carbocycles. The molecule has 7 heteroatoms. The Kier molecular flexibility index (Phi) is 5.71. The second kappa shape index (κ2) is 8.35. The van der Waals surface area contributed by atoms with Crippen molar-refractivity contribution < 1.29 is 19.1 Å². The van der Waals surface area contributed by atoms with E-state index >= 15 is 0 Å². The molecule has 27 heavy (non-hydrogen) atoms. The number of benzene rings is 2. The van der Waals surface area contributed by atoms with Gasteiger partial charge in [-0.25, -0.2) is 4.79 Å². The van der Waals surface area contributed by atoms with E-state index in [0.29, 0.717) is 6.54 Å². The minimum atomic E-state index is -0.836. The Morgan fingerprint density at radius 3 is 2.44 bits per heavy atom. The van der Waals surface area contributed by atoms with Gasteiger partial charge in [0.2, 0.25) is 5.91 Å². The van der Waals surface area contributed by atoms with Crippen LogP contribution in [0.15, 0.2) is 54.6 Å². The van der Waals surface area contributed by atoms with Gasteiger partial charge in [0.05, 0.1) is 20.1 Å². The van der Waals surface area contributed by atoms with E-state index in [-0.39, 0.29) is 24.8 Å². The summed E-state index contributed by atoms with van der Waals surface area (Å²) < 4.78 is 5.09. The fourth-order valence-electron chi connectivity index (χ4n) is 2.83. The van der Waals surface area contributed by atoms with Gasteiger partial charge in [0.15, 0.2) is 0 Å². The molecule has 0 aliphatic carbocycles. The van der Waals surface area contributed by atoms with Crippen molar-refractivity contribution in [2.45, 2.75) is 25.6 Å². The Bertz CT molecular complexity index is 821. The summed E-state index contributed by atoms with van der Waals surface area (Å²) in [6, 6.07) is 15.3. The smallest absolute Gasteiger partial charge is 0.325 e. The lowest BCUT2D eigenvalue weighted by atomic mass is 10.1. The summed E-state index contributed by atoms with van der Waals surface area (Å²) in [7, 11) is 1.59. The summed E-state index contributed by atoms with van der Waals surface area (Å²) in [6.45, 7) is 0.529. The minimum Gasteiger partial charge on any atom is -0.497 e. The third-order valence-corrected chi connectivity index (χ3v) is 4.33. The zero-order chi connectivity index (χ0) is 19.2. The molecule has 1 atom stereocenters. The zero-order valence-electron chi connectivity index (χ0n) is 15.0. The predicted molar refractivity (Wildman–Crippen MR) is 98.8 cm³/mol. The fraction of sp³-hybridized carbons (Fsp3) is 0.250. The quantitative estimate of drug-likeness (QED) is 0.731. The van der Waals surface area contributed by atoms with Gasteiger partial charge >= 0.3 is 6.03 Å². The van der Waals surface area contributed by atoms with Crippen LogP contribution in [0.25, 0.3) is 0 Å². The lowest BCUT2D eigenvalue weighted by Gasteiger charge is -2.13. The maximum atomic E-state index is 12.4. The van der Waals surface area contributed by atoms with Crippen LogP contribution in [-0.4, -0.2) is 35.9 Å². The summed E-state index contributed by atoms with van der Waals surface area (Å²) in [5, 5.41) is 5.34.